The predicted molar refractivity (Wildman–Crippen MR) is 80.2 cm³/mol. The molecule has 0 amide bonds. The first-order chi connectivity index (χ1) is 9.27. The smallest absolute Gasteiger partial charge is 0.0606 e. The first-order valence-electron chi connectivity index (χ1n) is 7.04. The maximum Gasteiger partial charge on any atom is 0.0606 e. The van der Waals surface area contributed by atoms with Crippen LogP contribution in [-0.2, 0) is 6.42 Å². The molecule has 0 spiro atoms. The van der Waals surface area contributed by atoms with Gasteiger partial charge >= 0.3 is 0 Å². The van der Waals surface area contributed by atoms with E-state index < -0.39 is 0 Å². The van der Waals surface area contributed by atoms with Crippen molar-refractivity contribution in [3.05, 3.63) is 71.8 Å². The van der Waals surface area contributed by atoms with E-state index in [-0.39, 0.29) is 12.0 Å². The Morgan fingerprint density at radius 2 is 1.47 bits per heavy atom. The molecular formula is C18H22O. The zero-order chi connectivity index (χ0) is 13.5. The Morgan fingerprint density at radius 1 is 0.895 bits per heavy atom. The maximum absolute atomic E-state index is 10.2. The second kappa shape index (κ2) is 7.10. The van der Waals surface area contributed by atoms with Crippen LogP contribution in [0.15, 0.2) is 60.7 Å². The van der Waals surface area contributed by atoms with Crippen LogP contribution < -0.4 is 0 Å². The normalized spacial score (nSPS) is 14.0. The van der Waals surface area contributed by atoms with E-state index >= 15 is 0 Å². The van der Waals surface area contributed by atoms with Crippen molar-refractivity contribution in [2.45, 2.75) is 38.2 Å². The van der Waals surface area contributed by atoms with Gasteiger partial charge in [-0.25, -0.2) is 0 Å². The molecule has 2 atom stereocenters. The van der Waals surface area contributed by atoms with Gasteiger partial charge in [0, 0.05) is 5.92 Å². The van der Waals surface area contributed by atoms with Crippen molar-refractivity contribution in [3.8, 4) is 0 Å². The van der Waals surface area contributed by atoms with Crippen molar-refractivity contribution < 1.29 is 5.11 Å². The van der Waals surface area contributed by atoms with E-state index in [0.717, 1.165) is 19.3 Å². The molecule has 0 fully saturated rings. The predicted octanol–water partition coefficient (Wildman–Crippen LogP) is 4.17. The van der Waals surface area contributed by atoms with Gasteiger partial charge < -0.3 is 5.11 Å². The molecule has 0 aliphatic heterocycles. The molecule has 0 saturated carbocycles. The monoisotopic (exact) mass is 254 g/mol. The number of benzene rings is 2. The van der Waals surface area contributed by atoms with E-state index in [9.17, 15) is 5.11 Å². The minimum absolute atomic E-state index is 0.206. The van der Waals surface area contributed by atoms with Crippen LogP contribution in [0.3, 0.4) is 0 Å². The second-order valence-corrected chi connectivity index (χ2v) is 5.14. The van der Waals surface area contributed by atoms with Gasteiger partial charge in [0.2, 0.25) is 0 Å². The first-order valence-corrected chi connectivity index (χ1v) is 7.04. The van der Waals surface area contributed by atoms with Crippen molar-refractivity contribution in [2.24, 2.45) is 0 Å². The summed E-state index contributed by atoms with van der Waals surface area (Å²) in [5.41, 5.74) is 2.57. The van der Waals surface area contributed by atoms with Crippen molar-refractivity contribution in [1.82, 2.24) is 0 Å². The van der Waals surface area contributed by atoms with Gasteiger partial charge in [-0.3, -0.25) is 0 Å². The molecule has 0 aliphatic rings. The molecule has 0 aromatic heterocycles. The molecular weight excluding hydrogens is 232 g/mol. The Hall–Kier alpha value is -1.60. The highest BCUT2D eigenvalue weighted by atomic mass is 16.3. The average molecular weight is 254 g/mol. The fourth-order valence-corrected chi connectivity index (χ4v) is 2.39. The number of aliphatic hydroxyl groups is 1. The first kappa shape index (κ1) is 13.8. The third-order valence-corrected chi connectivity index (χ3v) is 3.71. The highest BCUT2D eigenvalue weighted by Gasteiger charge is 2.15. The molecule has 2 rings (SSSR count). The van der Waals surface area contributed by atoms with Gasteiger partial charge in [0.25, 0.3) is 0 Å². The molecule has 1 N–H and O–H groups in total. The number of hydrogen-bond donors (Lipinski definition) is 1. The van der Waals surface area contributed by atoms with Gasteiger partial charge in [0.15, 0.2) is 0 Å². The molecule has 0 bridgehead atoms. The highest BCUT2D eigenvalue weighted by Crippen LogP contribution is 2.22. The van der Waals surface area contributed by atoms with Gasteiger partial charge in [-0.1, -0.05) is 67.6 Å². The van der Waals surface area contributed by atoms with Crippen LogP contribution in [0.2, 0.25) is 0 Å². The molecule has 2 aromatic rings. The molecule has 0 heterocycles. The van der Waals surface area contributed by atoms with Crippen LogP contribution in [0.25, 0.3) is 0 Å². The Morgan fingerprint density at radius 3 is 2.11 bits per heavy atom. The van der Waals surface area contributed by atoms with Crippen LogP contribution in [0, 0.1) is 0 Å². The lowest BCUT2D eigenvalue weighted by molar-refractivity contribution is 0.137. The number of rotatable bonds is 6. The van der Waals surface area contributed by atoms with Gasteiger partial charge in [0.1, 0.15) is 0 Å². The van der Waals surface area contributed by atoms with E-state index in [0.29, 0.717) is 0 Å². The summed E-state index contributed by atoms with van der Waals surface area (Å²) in [6.45, 7) is 2.10. The maximum atomic E-state index is 10.2. The van der Waals surface area contributed by atoms with E-state index in [1.807, 2.05) is 24.3 Å². The summed E-state index contributed by atoms with van der Waals surface area (Å²) in [6.07, 6.45) is 2.67. The van der Waals surface area contributed by atoms with Crippen molar-refractivity contribution in [3.63, 3.8) is 0 Å². The van der Waals surface area contributed by atoms with E-state index in [1.165, 1.54) is 11.1 Å². The summed E-state index contributed by atoms with van der Waals surface area (Å²) in [5, 5.41) is 10.2. The number of hydrogen-bond acceptors (Lipinski definition) is 1. The van der Waals surface area contributed by atoms with E-state index in [2.05, 4.69) is 43.3 Å². The summed E-state index contributed by atoms with van der Waals surface area (Å²) in [7, 11) is 0. The van der Waals surface area contributed by atoms with Gasteiger partial charge in [-0.05, 0) is 30.4 Å². The van der Waals surface area contributed by atoms with Crippen molar-refractivity contribution in [2.75, 3.05) is 0 Å². The topological polar surface area (TPSA) is 20.2 Å². The molecule has 2 aromatic carbocycles. The van der Waals surface area contributed by atoms with Crippen LogP contribution in [0.1, 0.15) is 36.8 Å². The lowest BCUT2D eigenvalue weighted by Crippen LogP contribution is -2.16. The summed E-state index contributed by atoms with van der Waals surface area (Å²) in [6, 6.07) is 20.7. The SMILES string of the molecule is CC(c1ccccc1)C(O)CCCc1ccccc1. The molecule has 2 unspecified atom stereocenters. The van der Waals surface area contributed by atoms with E-state index in [4.69, 9.17) is 0 Å². The van der Waals surface area contributed by atoms with Gasteiger partial charge in [-0.15, -0.1) is 0 Å². The summed E-state index contributed by atoms with van der Waals surface area (Å²) in [4.78, 5) is 0. The fraction of sp³-hybridized carbons (Fsp3) is 0.333. The zero-order valence-electron chi connectivity index (χ0n) is 11.5. The standard InChI is InChI=1S/C18H22O/c1-15(17-12-6-3-7-13-17)18(19)14-8-11-16-9-4-2-5-10-16/h2-7,9-10,12-13,15,18-19H,8,11,14H2,1H3. The van der Waals surface area contributed by atoms with Crippen LogP contribution in [0.4, 0.5) is 0 Å². The Labute approximate surface area is 115 Å². The van der Waals surface area contributed by atoms with Crippen molar-refractivity contribution >= 4 is 0 Å². The minimum Gasteiger partial charge on any atom is -0.393 e. The largest absolute Gasteiger partial charge is 0.393 e. The summed E-state index contributed by atoms with van der Waals surface area (Å²) < 4.78 is 0. The third-order valence-electron chi connectivity index (χ3n) is 3.71. The molecule has 0 saturated heterocycles. The van der Waals surface area contributed by atoms with Gasteiger partial charge in [0.05, 0.1) is 6.10 Å². The molecule has 0 radical (unpaired) electrons. The number of aliphatic hydroxyl groups excluding tert-OH is 1. The Bertz CT molecular complexity index is 464. The minimum atomic E-state index is -0.258. The van der Waals surface area contributed by atoms with Crippen molar-refractivity contribution in [1.29, 1.82) is 0 Å². The van der Waals surface area contributed by atoms with Crippen LogP contribution in [0.5, 0.6) is 0 Å². The van der Waals surface area contributed by atoms with Crippen LogP contribution >= 0.6 is 0 Å². The lowest BCUT2D eigenvalue weighted by atomic mass is 9.92. The molecule has 1 nitrogen and oxygen atoms in total. The Kier molecular flexibility index (Phi) is 5.17. The molecule has 19 heavy (non-hydrogen) atoms. The number of aryl methyl sites for hydroxylation is 1. The average Bonchev–Trinajstić information content (AvgIpc) is 2.48. The zero-order valence-corrected chi connectivity index (χ0v) is 11.5. The second-order valence-electron chi connectivity index (χ2n) is 5.14. The van der Waals surface area contributed by atoms with E-state index in [1.54, 1.807) is 0 Å². The van der Waals surface area contributed by atoms with Crippen LogP contribution in [-0.4, -0.2) is 11.2 Å². The highest BCUT2D eigenvalue weighted by molar-refractivity contribution is 5.20. The molecule has 0 aliphatic carbocycles. The molecule has 1 heteroatoms. The summed E-state index contributed by atoms with van der Waals surface area (Å²) >= 11 is 0. The lowest BCUT2D eigenvalue weighted by Gasteiger charge is -2.19. The Balaban J connectivity index is 1.80. The summed E-state index contributed by atoms with van der Waals surface area (Å²) in [5.74, 6) is 0.206. The third kappa shape index (κ3) is 4.22. The molecule has 100 valence electrons. The van der Waals surface area contributed by atoms with Gasteiger partial charge in [-0.2, -0.15) is 0 Å². The quantitative estimate of drug-likeness (QED) is 0.820. The fourth-order valence-electron chi connectivity index (χ4n) is 2.39.